The van der Waals surface area contributed by atoms with E-state index in [4.69, 9.17) is 4.74 Å². The van der Waals surface area contributed by atoms with Gasteiger partial charge in [0.25, 0.3) is 0 Å². The van der Waals surface area contributed by atoms with Crippen molar-refractivity contribution < 1.29 is 14.6 Å². The van der Waals surface area contributed by atoms with E-state index in [2.05, 4.69) is 10.6 Å². The van der Waals surface area contributed by atoms with Crippen LogP contribution in [0.2, 0.25) is 0 Å². The number of methoxy groups -OCH3 is 1. The molecule has 5 nitrogen and oxygen atoms in total. The monoisotopic (exact) mass is 238 g/mol. The number of hydrogen-bond donors (Lipinski definition) is 3. The van der Waals surface area contributed by atoms with Crippen LogP contribution in [0.25, 0.3) is 0 Å². The fraction of sp³-hybridized carbons (Fsp3) is 0.417. The summed E-state index contributed by atoms with van der Waals surface area (Å²) in [5.74, 6) is 0.505. The summed E-state index contributed by atoms with van der Waals surface area (Å²) in [6.45, 7) is 0.789. The molecule has 0 aromatic heterocycles. The standard InChI is InChI=1S/C12H18N2O3/c1-13-7-3-4-12(16)14-10-8-9(17-2)5-6-11(10)15/h5-6,8,13,15H,3-4,7H2,1-2H3,(H,14,16). The minimum absolute atomic E-state index is 0.0350. The van der Waals surface area contributed by atoms with Gasteiger partial charge in [0.2, 0.25) is 5.91 Å². The Labute approximate surface area is 101 Å². The van der Waals surface area contributed by atoms with Crippen molar-refractivity contribution in [1.29, 1.82) is 0 Å². The number of phenols is 1. The summed E-state index contributed by atoms with van der Waals surface area (Å²) in [5.41, 5.74) is 0.374. The van der Waals surface area contributed by atoms with Gasteiger partial charge in [-0.3, -0.25) is 4.79 Å². The maximum absolute atomic E-state index is 11.5. The third kappa shape index (κ3) is 4.32. The molecule has 0 saturated carbocycles. The number of carbonyl (C=O) groups is 1. The van der Waals surface area contributed by atoms with E-state index in [1.165, 1.54) is 13.2 Å². The van der Waals surface area contributed by atoms with Gasteiger partial charge < -0.3 is 20.5 Å². The molecular formula is C12H18N2O3. The van der Waals surface area contributed by atoms with Gasteiger partial charge in [0.15, 0.2) is 0 Å². The Hall–Kier alpha value is -1.75. The Morgan fingerprint density at radius 2 is 2.24 bits per heavy atom. The Morgan fingerprint density at radius 1 is 1.47 bits per heavy atom. The van der Waals surface area contributed by atoms with Crippen LogP contribution in [0.4, 0.5) is 5.69 Å². The smallest absolute Gasteiger partial charge is 0.224 e. The number of ether oxygens (including phenoxy) is 1. The number of carbonyl (C=O) groups excluding carboxylic acids is 1. The Balaban J connectivity index is 2.57. The van der Waals surface area contributed by atoms with E-state index in [9.17, 15) is 9.90 Å². The van der Waals surface area contributed by atoms with Gasteiger partial charge in [0.05, 0.1) is 12.8 Å². The van der Waals surface area contributed by atoms with Crippen molar-refractivity contribution in [2.45, 2.75) is 12.8 Å². The van der Waals surface area contributed by atoms with Gasteiger partial charge in [-0.2, -0.15) is 0 Å². The number of nitrogens with one attached hydrogen (secondary N) is 2. The third-order valence-corrected chi connectivity index (χ3v) is 2.31. The molecule has 0 unspecified atom stereocenters. The van der Waals surface area contributed by atoms with Crippen molar-refractivity contribution in [2.24, 2.45) is 0 Å². The van der Waals surface area contributed by atoms with Crippen LogP contribution in [0, 0.1) is 0 Å². The molecule has 0 fully saturated rings. The molecule has 0 aliphatic heterocycles. The van der Waals surface area contributed by atoms with Gasteiger partial charge in [-0.15, -0.1) is 0 Å². The number of benzene rings is 1. The van der Waals surface area contributed by atoms with Crippen molar-refractivity contribution in [3.05, 3.63) is 18.2 Å². The molecule has 0 radical (unpaired) electrons. The quantitative estimate of drug-likeness (QED) is 0.516. The predicted octanol–water partition coefficient (Wildman–Crippen LogP) is 1.34. The predicted molar refractivity (Wildman–Crippen MR) is 66.4 cm³/mol. The van der Waals surface area contributed by atoms with Crippen LogP contribution >= 0.6 is 0 Å². The highest BCUT2D eigenvalue weighted by Crippen LogP contribution is 2.27. The fourth-order valence-electron chi connectivity index (χ4n) is 1.38. The second kappa shape index (κ2) is 6.75. The number of anilines is 1. The highest BCUT2D eigenvalue weighted by atomic mass is 16.5. The van der Waals surface area contributed by atoms with E-state index in [1.807, 2.05) is 7.05 Å². The second-order valence-corrected chi connectivity index (χ2v) is 3.64. The average molecular weight is 238 g/mol. The highest BCUT2D eigenvalue weighted by Gasteiger charge is 2.07. The summed E-state index contributed by atoms with van der Waals surface area (Å²) in [4.78, 5) is 11.5. The lowest BCUT2D eigenvalue weighted by atomic mass is 10.2. The molecule has 1 amide bonds. The largest absolute Gasteiger partial charge is 0.506 e. The second-order valence-electron chi connectivity index (χ2n) is 3.64. The zero-order valence-corrected chi connectivity index (χ0v) is 10.1. The minimum Gasteiger partial charge on any atom is -0.506 e. The zero-order chi connectivity index (χ0) is 12.7. The molecule has 1 aromatic carbocycles. The van der Waals surface area contributed by atoms with Crippen LogP contribution in [0.3, 0.4) is 0 Å². The summed E-state index contributed by atoms with van der Waals surface area (Å²) in [5, 5.41) is 15.2. The van der Waals surface area contributed by atoms with Crippen LogP contribution in [-0.4, -0.2) is 31.7 Å². The van der Waals surface area contributed by atoms with Gasteiger partial charge in [-0.05, 0) is 32.1 Å². The molecule has 94 valence electrons. The van der Waals surface area contributed by atoms with E-state index in [1.54, 1.807) is 12.1 Å². The molecule has 0 spiro atoms. The first-order valence-corrected chi connectivity index (χ1v) is 5.49. The van der Waals surface area contributed by atoms with Crippen molar-refractivity contribution in [1.82, 2.24) is 5.32 Å². The molecule has 3 N–H and O–H groups in total. The first-order valence-electron chi connectivity index (χ1n) is 5.49. The molecule has 17 heavy (non-hydrogen) atoms. The normalized spacial score (nSPS) is 10.0. The van der Waals surface area contributed by atoms with Crippen molar-refractivity contribution >= 4 is 11.6 Å². The SMILES string of the molecule is CNCCCC(=O)Nc1cc(OC)ccc1O. The van der Waals surface area contributed by atoms with Crippen LogP contribution in [0.15, 0.2) is 18.2 Å². The van der Waals surface area contributed by atoms with E-state index in [0.29, 0.717) is 17.9 Å². The summed E-state index contributed by atoms with van der Waals surface area (Å²) < 4.78 is 5.02. The summed E-state index contributed by atoms with van der Waals surface area (Å²) in [7, 11) is 3.37. The molecule has 0 heterocycles. The summed E-state index contributed by atoms with van der Waals surface area (Å²) in [6, 6.07) is 4.71. The van der Waals surface area contributed by atoms with Crippen molar-refractivity contribution in [2.75, 3.05) is 26.0 Å². The maximum atomic E-state index is 11.5. The Kier molecular flexibility index (Phi) is 5.29. The fourth-order valence-corrected chi connectivity index (χ4v) is 1.38. The molecule has 1 aromatic rings. The molecule has 1 rings (SSSR count). The first-order chi connectivity index (χ1) is 8.17. The lowest BCUT2D eigenvalue weighted by Gasteiger charge is -2.09. The van der Waals surface area contributed by atoms with Gasteiger partial charge in [0, 0.05) is 12.5 Å². The minimum atomic E-state index is -0.121. The lowest BCUT2D eigenvalue weighted by molar-refractivity contribution is -0.116. The molecule has 0 bridgehead atoms. The topological polar surface area (TPSA) is 70.6 Å². The molecule has 5 heteroatoms. The van der Waals surface area contributed by atoms with Gasteiger partial charge in [-0.1, -0.05) is 0 Å². The summed E-state index contributed by atoms with van der Waals surface area (Å²) >= 11 is 0. The van der Waals surface area contributed by atoms with Crippen molar-refractivity contribution in [3.63, 3.8) is 0 Å². The van der Waals surface area contributed by atoms with Crippen LogP contribution in [0.5, 0.6) is 11.5 Å². The van der Waals surface area contributed by atoms with Gasteiger partial charge in [-0.25, -0.2) is 0 Å². The number of hydrogen-bond acceptors (Lipinski definition) is 4. The Morgan fingerprint density at radius 3 is 2.88 bits per heavy atom. The maximum Gasteiger partial charge on any atom is 0.224 e. The van der Waals surface area contributed by atoms with E-state index >= 15 is 0 Å². The first kappa shape index (κ1) is 13.3. The summed E-state index contributed by atoms with van der Waals surface area (Å²) in [6.07, 6.45) is 1.17. The van der Waals surface area contributed by atoms with Crippen LogP contribution in [0.1, 0.15) is 12.8 Å². The molecule has 0 atom stereocenters. The van der Waals surface area contributed by atoms with Gasteiger partial charge in [0.1, 0.15) is 11.5 Å². The van der Waals surface area contributed by atoms with E-state index in [0.717, 1.165) is 13.0 Å². The van der Waals surface area contributed by atoms with E-state index < -0.39 is 0 Å². The molecular weight excluding hydrogens is 220 g/mol. The van der Waals surface area contributed by atoms with Crippen molar-refractivity contribution in [3.8, 4) is 11.5 Å². The number of rotatable bonds is 6. The number of amides is 1. The average Bonchev–Trinajstić information content (AvgIpc) is 2.32. The van der Waals surface area contributed by atoms with Crippen LogP contribution < -0.4 is 15.4 Å². The highest BCUT2D eigenvalue weighted by molar-refractivity contribution is 5.92. The molecule has 0 aliphatic carbocycles. The van der Waals surface area contributed by atoms with Crippen LogP contribution in [-0.2, 0) is 4.79 Å². The molecule has 0 saturated heterocycles. The number of phenolic OH excluding ortho intramolecular Hbond substituents is 1. The van der Waals surface area contributed by atoms with E-state index in [-0.39, 0.29) is 11.7 Å². The lowest BCUT2D eigenvalue weighted by Crippen LogP contribution is -2.15. The van der Waals surface area contributed by atoms with Gasteiger partial charge >= 0.3 is 0 Å². The zero-order valence-electron chi connectivity index (χ0n) is 10.1. The Bertz CT molecular complexity index is 380. The number of aromatic hydroxyl groups is 1. The molecule has 0 aliphatic rings. The third-order valence-electron chi connectivity index (χ3n) is 2.31.